The first-order valence-electron chi connectivity index (χ1n) is 6.70. The largest absolute Gasteiger partial charge is 0.492 e. The number of benzene rings is 1. The van der Waals surface area contributed by atoms with E-state index in [1.54, 1.807) is 0 Å². The Hall–Kier alpha value is -1.76. The van der Waals surface area contributed by atoms with Crippen molar-refractivity contribution in [3.8, 4) is 5.75 Å². The second-order valence-electron chi connectivity index (χ2n) is 4.81. The molecule has 1 aromatic rings. The van der Waals surface area contributed by atoms with Gasteiger partial charge in [0.25, 0.3) is 0 Å². The molecule has 0 aromatic heterocycles. The molecule has 1 heterocycles. The van der Waals surface area contributed by atoms with Crippen LogP contribution in [0, 0.1) is 5.92 Å². The van der Waals surface area contributed by atoms with E-state index in [0.29, 0.717) is 26.1 Å². The van der Waals surface area contributed by atoms with Crippen molar-refractivity contribution in [3.05, 3.63) is 28.7 Å². The Bertz CT molecular complexity index is 523. The van der Waals surface area contributed by atoms with E-state index in [1.807, 2.05) is 24.3 Å². The van der Waals surface area contributed by atoms with Crippen LogP contribution in [0.1, 0.15) is 6.42 Å². The summed E-state index contributed by atoms with van der Waals surface area (Å²) >= 11 is 3.35. The van der Waals surface area contributed by atoms with E-state index >= 15 is 0 Å². The molecule has 1 atom stereocenters. The van der Waals surface area contributed by atoms with Crippen molar-refractivity contribution >= 4 is 27.9 Å². The lowest BCUT2D eigenvalue weighted by Crippen LogP contribution is -2.40. The molecule has 2 rings (SSSR count). The summed E-state index contributed by atoms with van der Waals surface area (Å²) in [6, 6.07) is 7.22. The molecule has 1 saturated heterocycles. The average Bonchev–Trinajstić information content (AvgIpc) is 2.93. The Morgan fingerprint density at radius 2 is 2.29 bits per heavy atom. The number of carbonyl (C=O) groups is 2. The Morgan fingerprint density at radius 1 is 1.48 bits per heavy atom. The van der Waals surface area contributed by atoms with Gasteiger partial charge in [0.2, 0.25) is 0 Å². The topological polar surface area (TPSA) is 78.9 Å². The zero-order valence-corrected chi connectivity index (χ0v) is 13.0. The SMILES string of the molecule is O=C(O)C1CCN(C(=O)NCCOc2cccc(Br)c2)C1. The van der Waals surface area contributed by atoms with Crippen LogP contribution in [0.25, 0.3) is 0 Å². The molecule has 6 nitrogen and oxygen atoms in total. The molecule has 1 fully saturated rings. The molecule has 0 radical (unpaired) electrons. The summed E-state index contributed by atoms with van der Waals surface area (Å²) < 4.78 is 6.43. The minimum atomic E-state index is -0.844. The number of carboxylic acid groups (broad SMARTS) is 1. The number of aliphatic carboxylic acids is 1. The maximum Gasteiger partial charge on any atom is 0.317 e. The van der Waals surface area contributed by atoms with Crippen molar-refractivity contribution in [1.82, 2.24) is 10.2 Å². The van der Waals surface area contributed by atoms with Crippen LogP contribution in [-0.2, 0) is 4.79 Å². The molecule has 2 N–H and O–H groups in total. The Balaban J connectivity index is 1.67. The number of carbonyl (C=O) groups excluding carboxylic acids is 1. The number of amides is 2. The fraction of sp³-hybridized carbons (Fsp3) is 0.429. The van der Waals surface area contributed by atoms with Gasteiger partial charge in [-0.15, -0.1) is 0 Å². The van der Waals surface area contributed by atoms with Crippen LogP contribution < -0.4 is 10.1 Å². The summed E-state index contributed by atoms with van der Waals surface area (Å²) in [6.45, 7) is 1.49. The monoisotopic (exact) mass is 356 g/mol. The lowest BCUT2D eigenvalue weighted by atomic mass is 10.1. The van der Waals surface area contributed by atoms with Crippen molar-refractivity contribution in [2.45, 2.75) is 6.42 Å². The van der Waals surface area contributed by atoms with Gasteiger partial charge in [-0.1, -0.05) is 22.0 Å². The first-order valence-corrected chi connectivity index (χ1v) is 7.49. The van der Waals surface area contributed by atoms with Gasteiger partial charge in [0.1, 0.15) is 12.4 Å². The number of urea groups is 1. The maximum atomic E-state index is 11.8. The normalized spacial score (nSPS) is 17.6. The van der Waals surface area contributed by atoms with Crippen LogP contribution in [-0.4, -0.2) is 48.2 Å². The molecule has 1 aromatic carbocycles. The fourth-order valence-electron chi connectivity index (χ4n) is 2.14. The van der Waals surface area contributed by atoms with Gasteiger partial charge < -0.3 is 20.1 Å². The average molecular weight is 357 g/mol. The lowest BCUT2D eigenvalue weighted by Gasteiger charge is -2.16. The molecule has 1 aliphatic heterocycles. The van der Waals surface area contributed by atoms with E-state index in [0.717, 1.165) is 10.2 Å². The fourth-order valence-corrected chi connectivity index (χ4v) is 2.52. The number of halogens is 1. The van der Waals surface area contributed by atoms with Crippen molar-refractivity contribution < 1.29 is 19.4 Å². The molecule has 114 valence electrons. The predicted octanol–water partition coefficient (Wildman–Crippen LogP) is 1.94. The van der Waals surface area contributed by atoms with Gasteiger partial charge in [0.15, 0.2) is 0 Å². The van der Waals surface area contributed by atoms with Crippen molar-refractivity contribution in [2.24, 2.45) is 5.92 Å². The Labute approximate surface area is 131 Å². The highest BCUT2D eigenvalue weighted by molar-refractivity contribution is 9.10. The first-order chi connectivity index (χ1) is 10.1. The van der Waals surface area contributed by atoms with E-state index in [2.05, 4.69) is 21.2 Å². The van der Waals surface area contributed by atoms with E-state index < -0.39 is 11.9 Å². The number of nitrogens with zero attached hydrogens (tertiary/aromatic N) is 1. The highest BCUT2D eigenvalue weighted by Crippen LogP contribution is 2.18. The van der Waals surface area contributed by atoms with E-state index in [-0.39, 0.29) is 12.6 Å². The second-order valence-corrected chi connectivity index (χ2v) is 5.72. The first kappa shape index (κ1) is 15.6. The Kier molecular flexibility index (Phi) is 5.44. The zero-order chi connectivity index (χ0) is 15.2. The summed E-state index contributed by atoms with van der Waals surface area (Å²) in [6.07, 6.45) is 0.511. The van der Waals surface area contributed by atoms with E-state index in [1.165, 1.54) is 4.90 Å². The summed E-state index contributed by atoms with van der Waals surface area (Å²) in [5.41, 5.74) is 0. The molecule has 0 aliphatic carbocycles. The van der Waals surface area contributed by atoms with Gasteiger partial charge in [0.05, 0.1) is 12.5 Å². The van der Waals surface area contributed by atoms with Crippen molar-refractivity contribution in [3.63, 3.8) is 0 Å². The minimum Gasteiger partial charge on any atom is -0.492 e. The van der Waals surface area contributed by atoms with Crippen LogP contribution in [0.15, 0.2) is 28.7 Å². The van der Waals surface area contributed by atoms with Crippen LogP contribution in [0.4, 0.5) is 4.79 Å². The third-order valence-corrected chi connectivity index (χ3v) is 3.76. The smallest absolute Gasteiger partial charge is 0.317 e. The predicted molar refractivity (Wildman–Crippen MR) is 80.4 cm³/mol. The summed E-state index contributed by atoms with van der Waals surface area (Å²) in [5, 5.41) is 11.6. The molecule has 0 spiro atoms. The van der Waals surface area contributed by atoms with E-state index in [9.17, 15) is 9.59 Å². The molecule has 21 heavy (non-hydrogen) atoms. The standard InChI is InChI=1S/C14H17BrN2O4/c15-11-2-1-3-12(8-11)21-7-5-16-14(20)17-6-4-10(9-17)13(18)19/h1-3,8,10H,4-7,9H2,(H,16,20)(H,18,19). The van der Waals surface area contributed by atoms with Crippen molar-refractivity contribution in [1.29, 1.82) is 0 Å². The quantitative estimate of drug-likeness (QED) is 0.790. The second kappa shape index (κ2) is 7.31. The van der Waals surface area contributed by atoms with Crippen LogP contribution in [0.5, 0.6) is 5.75 Å². The number of hydrogen-bond donors (Lipinski definition) is 2. The molecule has 1 unspecified atom stereocenters. The van der Waals surface area contributed by atoms with E-state index in [4.69, 9.17) is 9.84 Å². The number of nitrogens with one attached hydrogen (secondary N) is 1. The van der Waals surface area contributed by atoms with Crippen LogP contribution >= 0.6 is 15.9 Å². The third-order valence-electron chi connectivity index (χ3n) is 3.27. The molecule has 2 amide bonds. The molecule has 1 aliphatic rings. The molecule has 7 heteroatoms. The summed E-state index contributed by atoms with van der Waals surface area (Å²) in [4.78, 5) is 24.2. The minimum absolute atomic E-state index is 0.239. The summed E-state index contributed by atoms with van der Waals surface area (Å²) in [7, 11) is 0. The molecular weight excluding hydrogens is 340 g/mol. The number of hydrogen-bond acceptors (Lipinski definition) is 3. The van der Waals surface area contributed by atoms with Crippen molar-refractivity contribution in [2.75, 3.05) is 26.2 Å². The highest BCUT2D eigenvalue weighted by atomic mass is 79.9. The highest BCUT2D eigenvalue weighted by Gasteiger charge is 2.30. The van der Waals surface area contributed by atoms with Gasteiger partial charge in [-0.05, 0) is 24.6 Å². The number of likely N-dealkylation sites (tertiary alicyclic amines) is 1. The third kappa shape index (κ3) is 4.63. The Morgan fingerprint density at radius 3 is 2.95 bits per heavy atom. The molecule has 0 bridgehead atoms. The molecule has 0 saturated carbocycles. The lowest BCUT2D eigenvalue weighted by molar-refractivity contribution is -0.141. The molecular formula is C14H17BrN2O4. The number of carboxylic acids is 1. The number of rotatable bonds is 5. The van der Waals surface area contributed by atoms with Gasteiger partial charge in [-0.25, -0.2) is 4.79 Å². The maximum absolute atomic E-state index is 11.8. The van der Waals surface area contributed by atoms with Gasteiger partial charge in [0, 0.05) is 17.6 Å². The zero-order valence-electron chi connectivity index (χ0n) is 11.4. The number of ether oxygens (including phenoxy) is 1. The van der Waals surface area contributed by atoms with Gasteiger partial charge >= 0.3 is 12.0 Å². The van der Waals surface area contributed by atoms with Gasteiger partial charge in [-0.3, -0.25) is 4.79 Å². The summed E-state index contributed by atoms with van der Waals surface area (Å²) in [5.74, 6) is -0.567. The van der Waals surface area contributed by atoms with Gasteiger partial charge in [-0.2, -0.15) is 0 Å². The van der Waals surface area contributed by atoms with Crippen LogP contribution in [0.2, 0.25) is 0 Å². The van der Waals surface area contributed by atoms with Crippen LogP contribution in [0.3, 0.4) is 0 Å².